The Morgan fingerprint density at radius 1 is 1.11 bits per heavy atom. The van der Waals surface area contributed by atoms with Gasteiger partial charge in [-0.25, -0.2) is 8.78 Å². The van der Waals surface area contributed by atoms with Gasteiger partial charge in [-0.15, -0.1) is 0 Å². The molecule has 94 valence electrons. The van der Waals surface area contributed by atoms with Gasteiger partial charge < -0.3 is 14.5 Å². The van der Waals surface area contributed by atoms with E-state index in [1.165, 1.54) is 12.1 Å². The third-order valence-electron chi connectivity index (χ3n) is 2.75. The number of fused-ring (bicyclic) bond motifs is 2. The van der Waals surface area contributed by atoms with E-state index in [-0.39, 0.29) is 0 Å². The molecule has 0 amide bonds. The van der Waals surface area contributed by atoms with Crippen molar-refractivity contribution in [1.29, 1.82) is 0 Å². The van der Waals surface area contributed by atoms with Crippen LogP contribution in [-0.2, 0) is 0 Å². The number of alkyl halides is 2. The Balaban J connectivity index is 2.27. The highest BCUT2D eigenvalue weighted by molar-refractivity contribution is 5.82. The smallest absolute Gasteiger partial charge is 0.278 e. The number of H-pyrrole nitrogens is 1. The summed E-state index contributed by atoms with van der Waals surface area (Å²) in [6, 6.07) is 3.93. The van der Waals surface area contributed by atoms with E-state index < -0.39 is 17.5 Å². The van der Waals surface area contributed by atoms with Crippen LogP contribution < -0.4 is 14.9 Å². The first-order chi connectivity index (χ1) is 8.65. The molecule has 1 aromatic carbocycles. The minimum atomic E-state index is -2.71. The molecule has 0 bridgehead atoms. The number of hydrogen-bond donors (Lipinski definition) is 1. The molecule has 0 aliphatic carbocycles. The van der Waals surface area contributed by atoms with Gasteiger partial charge in [-0.2, -0.15) is 0 Å². The average molecular weight is 253 g/mol. The van der Waals surface area contributed by atoms with Gasteiger partial charge in [0.1, 0.15) is 13.2 Å². The van der Waals surface area contributed by atoms with Crippen LogP contribution in [0.25, 0.3) is 10.9 Å². The zero-order chi connectivity index (χ0) is 12.7. The average Bonchev–Trinajstić information content (AvgIpc) is 2.36. The van der Waals surface area contributed by atoms with E-state index in [4.69, 9.17) is 9.47 Å². The molecule has 0 saturated carbocycles. The maximum Gasteiger partial charge on any atom is 0.278 e. The lowest BCUT2D eigenvalue weighted by molar-refractivity contribution is 0.146. The van der Waals surface area contributed by atoms with Crippen LogP contribution in [0.2, 0.25) is 0 Å². The maximum absolute atomic E-state index is 12.6. The SMILES string of the molecule is O=c1cc(C(F)F)[nH]c2cc3c(cc12)OCCO3. The van der Waals surface area contributed by atoms with E-state index in [1.54, 1.807) is 0 Å². The quantitative estimate of drug-likeness (QED) is 0.847. The summed E-state index contributed by atoms with van der Waals surface area (Å²) >= 11 is 0. The highest BCUT2D eigenvalue weighted by Gasteiger charge is 2.16. The minimum Gasteiger partial charge on any atom is -0.486 e. The standard InChI is InChI=1S/C12H9F2NO3/c13-12(14)8-4-9(16)6-3-10-11(5-7(6)15-8)18-2-1-17-10/h3-5,12H,1-2H2,(H,15,16). The molecular formula is C12H9F2NO3. The molecular weight excluding hydrogens is 244 g/mol. The van der Waals surface area contributed by atoms with Crippen molar-refractivity contribution in [2.24, 2.45) is 0 Å². The van der Waals surface area contributed by atoms with Gasteiger partial charge in [0.05, 0.1) is 11.2 Å². The molecule has 1 N–H and O–H groups in total. The number of aromatic nitrogens is 1. The Hall–Kier alpha value is -2.11. The van der Waals surface area contributed by atoms with Crippen LogP contribution in [0.4, 0.5) is 8.78 Å². The van der Waals surface area contributed by atoms with Gasteiger partial charge >= 0.3 is 0 Å². The Bertz CT molecular complexity index is 666. The lowest BCUT2D eigenvalue weighted by Crippen LogP contribution is -2.16. The summed E-state index contributed by atoms with van der Waals surface area (Å²) < 4.78 is 35.9. The molecule has 4 nitrogen and oxygen atoms in total. The van der Waals surface area contributed by atoms with Crippen LogP contribution in [0.1, 0.15) is 12.1 Å². The molecule has 18 heavy (non-hydrogen) atoms. The highest BCUT2D eigenvalue weighted by atomic mass is 19.3. The van der Waals surface area contributed by atoms with Gasteiger partial charge in [-0.1, -0.05) is 0 Å². The van der Waals surface area contributed by atoms with Crippen molar-refractivity contribution in [1.82, 2.24) is 4.98 Å². The van der Waals surface area contributed by atoms with Crippen LogP contribution in [0.5, 0.6) is 11.5 Å². The Kier molecular flexibility index (Phi) is 2.43. The first kappa shape index (κ1) is 11.0. The molecule has 1 aromatic heterocycles. The van der Waals surface area contributed by atoms with Crippen LogP contribution in [0, 0.1) is 0 Å². The largest absolute Gasteiger partial charge is 0.486 e. The number of hydrogen-bond acceptors (Lipinski definition) is 3. The van der Waals surface area contributed by atoms with Gasteiger partial charge in [0.2, 0.25) is 0 Å². The molecule has 6 heteroatoms. The summed E-state index contributed by atoms with van der Waals surface area (Å²) in [5, 5.41) is 0.309. The van der Waals surface area contributed by atoms with E-state index in [0.717, 1.165) is 6.07 Å². The second-order valence-corrected chi connectivity index (χ2v) is 3.93. The molecule has 0 atom stereocenters. The van der Waals surface area contributed by atoms with E-state index in [9.17, 15) is 13.6 Å². The van der Waals surface area contributed by atoms with Gasteiger partial charge in [-0.05, 0) is 6.07 Å². The molecule has 1 aliphatic heterocycles. The van der Waals surface area contributed by atoms with Crippen molar-refractivity contribution >= 4 is 10.9 Å². The lowest BCUT2D eigenvalue weighted by Gasteiger charge is -2.18. The second-order valence-electron chi connectivity index (χ2n) is 3.93. The maximum atomic E-state index is 12.6. The lowest BCUT2D eigenvalue weighted by atomic mass is 10.1. The van der Waals surface area contributed by atoms with E-state index in [2.05, 4.69) is 4.98 Å². The van der Waals surface area contributed by atoms with E-state index >= 15 is 0 Å². The first-order valence-corrected chi connectivity index (χ1v) is 5.40. The summed E-state index contributed by atoms with van der Waals surface area (Å²) in [6.45, 7) is 0.808. The van der Waals surface area contributed by atoms with Crippen LogP contribution in [0.3, 0.4) is 0 Å². The van der Waals surface area contributed by atoms with Gasteiger partial charge in [-0.3, -0.25) is 4.79 Å². The van der Waals surface area contributed by atoms with Crippen molar-refractivity contribution in [2.75, 3.05) is 13.2 Å². The molecule has 1 aliphatic rings. The number of nitrogens with one attached hydrogen (secondary N) is 1. The van der Waals surface area contributed by atoms with Crippen molar-refractivity contribution < 1.29 is 18.3 Å². The predicted molar refractivity (Wildman–Crippen MR) is 60.5 cm³/mol. The predicted octanol–water partition coefficient (Wildman–Crippen LogP) is 2.24. The molecule has 0 unspecified atom stereocenters. The topological polar surface area (TPSA) is 51.3 Å². The molecule has 3 rings (SSSR count). The number of ether oxygens (including phenoxy) is 2. The summed E-state index contributed by atoms with van der Waals surface area (Å²) in [5.41, 5.74) is -0.540. The fraction of sp³-hybridized carbons (Fsp3) is 0.250. The zero-order valence-electron chi connectivity index (χ0n) is 9.20. The Morgan fingerprint density at radius 3 is 2.44 bits per heavy atom. The highest BCUT2D eigenvalue weighted by Crippen LogP contribution is 2.33. The third kappa shape index (κ3) is 1.70. The number of aromatic amines is 1. The zero-order valence-corrected chi connectivity index (χ0v) is 9.20. The van der Waals surface area contributed by atoms with Crippen molar-refractivity contribution in [2.45, 2.75) is 6.43 Å². The molecule has 2 heterocycles. The second kappa shape index (κ2) is 3.97. The molecule has 0 saturated heterocycles. The van der Waals surface area contributed by atoms with Gasteiger partial charge in [0.25, 0.3) is 6.43 Å². The Morgan fingerprint density at radius 2 is 1.78 bits per heavy atom. The number of benzene rings is 1. The van der Waals surface area contributed by atoms with Crippen LogP contribution in [-0.4, -0.2) is 18.2 Å². The number of pyridine rings is 1. The summed E-state index contributed by atoms with van der Waals surface area (Å²) in [7, 11) is 0. The third-order valence-corrected chi connectivity index (χ3v) is 2.75. The normalized spacial score (nSPS) is 14.2. The van der Waals surface area contributed by atoms with E-state index in [0.29, 0.717) is 35.6 Å². The molecule has 0 radical (unpaired) electrons. The fourth-order valence-electron chi connectivity index (χ4n) is 1.92. The van der Waals surface area contributed by atoms with Crippen molar-refractivity contribution in [3.05, 3.63) is 34.1 Å². The number of rotatable bonds is 1. The van der Waals surface area contributed by atoms with Crippen molar-refractivity contribution in [3.63, 3.8) is 0 Å². The van der Waals surface area contributed by atoms with Gasteiger partial charge in [0, 0.05) is 17.5 Å². The minimum absolute atomic E-state index is 0.309. The first-order valence-electron chi connectivity index (χ1n) is 5.40. The van der Waals surface area contributed by atoms with E-state index in [1.807, 2.05) is 0 Å². The Labute approximate surface area is 100 Å². The van der Waals surface area contributed by atoms with Crippen molar-refractivity contribution in [3.8, 4) is 11.5 Å². The monoisotopic (exact) mass is 253 g/mol. The fourth-order valence-corrected chi connectivity index (χ4v) is 1.92. The summed E-state index contributed by atoms with van der Waals surface area (Å²) in [6.07, 6.45) is -2.71. The van der Waals surface area contributed by atoms with Crippen LogP contribution in [0.15, 0.2) is 23.0 Å². The molecule has 2 aromatic rings. The number of halogens is 2. The summed E-state index contributed by atoms with van der Waals surface area (Å²) in [4.78, 5) is 14.3. The van der Waals surface area contributed by atoms with Crippen LogP contribution >= 0.6 is 0 Å². The molecule has 0 fully saturated rings. The van der Waals surface area contributed by atoms with Gasteiger partial charge in [0.15, 0.2) is 16.9 Å². The summed E-state index contributed by atoms with van der Waals surface area (Å²) in [5.74, 6) is 0.917. The molecule has 0 spiro atoms.